The fourth-order valence-corrected chi connectivity index (χ4v) is 5.31. The van der Waals surface area contributed by atoms with Crippen molar-refractivity contribution in [2.45, 2.75) is 112 Å². The first-order valence-electron chi connectivity index (χ1n) is 12.5. The smallest absolute Gasteiger partial charge is 0.186 e. The first-order valence-corrected chi connectivity index (χ1v) is 12.5. The summed E-state index contributed by atoms with van der Waals surface area (Å²) >= 11 is 0. The Bertz CT molecular complexity index is 744. The summed E-state index contributed by atoms with van der Waals surface area (Å²) < 4.78 is 24.0. The third kappa shape index (κ3) is 6.45. The first-order chi connectivity index (χ1) is 16.9. The number of nitrogens with two attached hydrogens (primary N) is 4. The Labute approximate surface area is 212 Å². The molecule has 1 aliphatic carbocycles. The summed E-state index contributed by atoms with van der Waals surface area (Å²) in [5.74, 6) is -0.0903. The molecule has 0 amide bonds. The highest BCUT2D eigenvalue weighted by atomic mass is 16.7. The number of nitrogens with zero attached hydrogens (tertiary/aromatic N) is 1. The molecule has 3 rings (SSSR count). The van der Waals surface area contributed by atoms with Gasteiger partial charge in [-0.15, -0.1) is 0 Å². The Balaban J connectivity index is 1.75. The average Bonchev–Trinajstić information content (AvgIpc) is 2.80. The maximum absolute atomic E-state index is 11.3. The molecule has 3 aliphatic rings. The summed E-state index contributed by atoms with van der Waals surface area (Å²) in [6.07, 6.45) is -4.91. The minimum Gasteiger partial charge on any atom is -0.388 e. The normalized spacial score (nSPS) is 46.8. The molecule has 0 aromatic rings. The molecule has 13 N–H and O–H groups in total. The van der Waals surface area contributed by atoms with Crippen LogP contribution in [0.25, 0.3) is 0 Å². The molecule has 2 saturated heterocycles. The predicted molar refractivity (Wildman–Crippen MR) is 132 cm³/mol. The minimum atomic E-state index is -1.31. The van der Waals surface area contributed by atoms with E-state index in [1.165, 1.54) is 0 Å². The highest BCUT2D eigenvalue weighted by Gasteiger charge is 2.51. The van der Waals surface area contributed by atoms with Gasteiger partial charge < -0.3 is 67.8 Å². The Kier molecular flexibility index (Phi) is 9.90. The van der Waals surface area contributed by atoms with Gasteiger partial charge in [-0.2, -0.15) is 0 Å². The van der Waals surface area contributed by atoms with E-state index in [0.29, 0.717) is 12.8 Å². The van der Waals surface area contributed by atoms with E-state index in [1.807, 2.05) is 14.0 Å². The van der Waals surface area contributed by atoms with Gasteiger partial charge in [0.2, 0.25) is 0 Å². The van der Waals surface area contributed by atoms with Gasteiger partial charge in [-0.1, -0.05) is 0 Å². The molecule has 36 heavy (non-hydrogen) atoms. The third-order valence-electron chi connectivity index (χ3n) is 7.48. The number of aliphatic imine (C=N–C) groups is 1. The van der Waals surface area contributed by atoms with Gasteiger partial charge >= 0.3 is 0 Å². The van der Waals surface area contributed by atoms with Gasteiger partial charge in [0.25, 0.3) is 0 Å². The van der Waals surface area contributed by atoms with Crippen LogP contribution in [0, 0.1) is 0 Å². The zero-order chi connectivity index (χ0) is 26.8. The Morgan fingerprint density at radius 1 is 1.06 bits per heavy atom. The SMILES string of the molecule is CNC(C)[C@@H]1CC[C@@H](N=C(N)N)[C@@H](O[C@H]2[C@H](O)[C@@H](OC3OC[C@](C)(O)[C@H](NC)[C@H]3O)[C@H](N)C[C@@H]2N)O1. The second kappa shape index (κ2) is 12.1. The van der Waals surface area contributed by atoms with Crippen LogP contribution in [-0.2, 0) is 18.9 Å². The van der Waals surface area contributed by atoms with Crippen LogP contribution < -0.4 is 33.6 Å². The summed E-state index contributed by atoms with van der Waals surface area (Å²) in [6.45, 7) is 3.47. The summed E-state index contributed by atoms with van der Waals surface area (Å²) in [5.41, 5.74) is 22.6. The van der Waals surface area contributed by atoms with Crippen molar-refractivity contribution in [2.24, 2.45) is 27.9 Å². The molecule has 0 radical (unpaired) electrons. The minimum absolute atomic E-state index is 0.0491. The van der Waals surface area contributed by atoms with E-state index in [4.69, 9.17) is 41.9 Å². The molecule has 0 bridgehead atoms. The van der Waals surface area contributed by atoms with Crippen LogP contribution in [0.3, 0.4) is 0 Å². The lowest BCUT2D eigenvalue weighted by molar-refractivity contribution is -0.307. The van der Waals surface area contributed by atoms with Crippen molar-refractivity contribution in [1.82, 2.24) is 10.6 Å². The first kappa shape index (κ1) is 29.4. The van der Waals surface area contributed by atoms with Crippen molar-refractivity contribution in [3.05, 3.63) is 0 Å². The van der Waals surface area contributed by atoms with E-state index < -0.39 is 66.8 Å². The van der Waals surface area contributed by atoms with E-state index >= 15 is 0 Å². The number of nitrogens with one attached hydrogen (secondary N) is 2. The number of likely N-dealkylation sites (N-methyl/N-ethyl adjacent to an activating group) is 2. The summed E-state index contributed by atoms with van der Waals surface area (Å²) in [6, 6.07) is -2.42. The molecular weight excluding hydrogens is 474 g/mol. The Morgan fingerprint density at radius 3 is 2.22 bits per heavy atom. The lowest BCUT2D eigenvalue weighted by atomic mass is 9.84. The zero-order valence-corrected chi connectivity index (χ0v) is 21.5. The van der Waals surface area contributed by atoms with Crippen LogP contribution >= 0.6 is 0 Å². The van der Waals surface area contributed by atoms with Crippen molar-refractivity contribution < 1.29 is 34.3 Å². The van der Waals surface area contributed by atoms with Gasteiger partial charge in [0.15, 0.2) is 18.5 Å². The van der Waals surface area contributed by atoms with Crippen molar-refractivity contribution in [3.63, 3.8) is 0 Å². The second-order valence-corrected chi connectivity index (χ2v) is 10.4. The summed E-state index contributed by atoms with van der Waals surface area (Å²) in [7, 11) is 3.46. The molecule has 13 atom stereocenters. The van der Waals surface area contributed by atoms with E-state index in [9.17, 15) is 15.3 Å². The number of guanidine groups is 1. The maximum atomic E-state index is 11.3. The van der Waals surface area contributed by atoms with Gasteiger partial charge in [-0.05, 0) is 47.2 Å². The molecule has 2 aliphatic heterocycles. The molecule has 210 valence electrons. The standard InChI is InChI=1S/C22H45N7O7/c1-9(27-3)13-6-5-12(29-21(25)26)19(34-13)35-16-10(23)7-11(24)17(14(16)30)36-20-15(31)18(28-4)22(2,32)8-33-20/h9-20,27-28,30-32H,5-8,23-24H2,1-4H3,(H4,25,26,29)/t9?,10-,11+,12+,13-,14-,15+,16+,17-,18+,19+,20?,22-/m0/s1. The monoisotopic (exact) mass is 519 g/mol. The number of hydrogen-bond donors (Lipinski definition) is 9. The van der Waals surface area contributed by atoms with Gasteiger partial charge in [0, 0.05) is 18.1 Å². The molecule has 0 spiro atoms. The van der Waals surface area contributed by atoms with Gasteiger partial charge in [-0.3, -0.25) is 0 Å². The van der Waals surface area contributed by atoms with Crippen LogP contribution in [0.4, 0.5) is 0 Å². The highest BCUT2D eigenvalue weighted by Crippen LogP contribution is 2.32. The molecule has 1 saturated carbocycles. The van der Waals surface area contributed by atoms with E-state index in [-0.39, 0.29) is 31.1 Å². The lowest BCUT2D eigenvalue weighted by Gasteiger charge is -2.48. The number of aliphatic hydroxyl groups is 3. The van der Waals surface area contributed by atoms with Crippen molar-refractivity contribution in [2.75, 3.05) is 20.7 Å². The molecule has 3 fully saturated rings. The molecule has 2 heterocycles. The molecular formula is C22H45N7O7. The quantitative estimate of drug-likeness (QED) is 0.110. The lowest BCUT2D eigenvalue weighted by Crippen LogP contribution is -2.68. The number of hydrogen-bond acceptors (Lipinski definition) is 12. The highest BCUT2D eigenvalue weighted by molar-refractivity contribution is 5.75. The summed E-state index contributed by atoms with van der Waals surface area (Å²) in [5, 5.41) is 38.6. The third-order valence-corrected chi connectivity index (χ3v) is 7.48. The predicted octanol–water partition coefficient (Wildman–Crippen LogP) is -4.01. The Morgan fingerprint density at radius 2 is 1.67 bits per heavy atom. The fraction of sp³-hybridized carbons (Fsp3) is 0.955. The molecule has 0 aromatic carbocycles. The van der Waals surface area contributed by atoms with E-state index in [2.05, 4.69) is 15.6 Å². The number of rotatable bonds is 8. The number of ether oxygens (including phenoxy) is 4. The van der Waals surface area contributed by atoms with Crippen molar-refractivity contribution in [1.29, 1.82) is 0 Å². The maximum Gasteiger partial charge on any atom is 0.186 e. The van der Waals surface area contributed by atoms with Crippen molar-refractivity contribution >= 4 is 5.96 Å². The van der Waals surface area contributed by atoms with Crippen LogP contribution in [-0.4, -0.2) is 121 Å². The topological polar surface area (TPSA) is 238 Å². The Hall–Kier alpha value is -1.17. The van der Waals surface area contributed by atoms with Gasteiger partial charge in [-0.25, -0.2) is 4.99 Å². The van der Waals surface area contributed by atoms with E-state index in [1.54, 1.807) is 14.0 Å². The van der Waals surface area contributed by atoms with Crippen LogP contribution in [0.15, 0.2) is 4.99 Å². The average molecular weight is 520 g/mol. The zero-order valence-electron chi connectivity index (χ0n) is 21.5. The molecule has 2 unspecified atom stereocenters. The second-order valence-electron chi connectivity index (χ2n) is 10.4. The van der Waals surface area contributed by atoms with E-state index in [0.717, 1.165) is 0 Å². The largest absolute Gasteiger partial charge is 0.388 e. The molecule has 0 aromatic heterocycles. The number of aliphatic hydroxyl groups excluding tert-OH is 2. The van der Waals surface area contributed by atoms with Crippen LogP contribution in [0.5, 0.6) is 0 Å². The van der Waals surface area contributed by atoms with Gasteiger partial charge in [0.05, 0.1) is 18.8 Å². The van der Waals surface area contributed by atoms with Crippen LogP contribution in [0.2, 0.25) is 0 Å². The molecule has 14 nitrogen and oxygen atoms in total. The van der Waals surface area contributed by atoms with Crippen LogP contribution in [0.1, 0.15) is 33.1 Å². The molecule has 14 heteroatoms. The fourth-order valence-electron chi connectivity index (χ4n) is 5.31. The summed E-state index contributed by atoms with van der Waals surface area (Å²) in [4.78, 5) is 4.26. The van der Waals surface area contributed by atoms with Crippen molar-refractivity contribution in [3.8, 4) is 0 Å². The van der Waals surface area contributed by atoms with Gasteiger partial charge in [0.1, 0.15) is 36.1 Å².